The van der Waals surface area contributed by atoms with Crippen LogP contribution in [0.15, 0.2) is 23.5 Å². The largest absolute Gasteiger partial charge is 0.409 e. The summed E-state index contributed by atoms with van der Waals surface area (Å²) in [6.45, 7) is 3.61. The molecule has 7 nitrogen and oxygen atoms in total. The van der Waals surface area contributed by atoms with E-state index < -0.39 is 0 Å². The zero-order valence-electron chi connectivity index (χ0n) is 11.7. The molecule has 1 saturated heterocycles. The first-order chi connectivity index (χ1) is 10.2. The van der Waals surface area contributed by atoms with Gasteiger partial charge >= 0.3 is 0 Å². The van der Waals surface area contributed by atoms with Gasteiger partial charge in [-0.3, -0.25) is 14.7 Å². The molecule has 4 N–H and O–H groups in total. The van der Waals surface area contributed by atoms with Crippen LogP contribution < -0.4 is 11.1 Å². The third-order valence-electron chi connectivity index (χ3n) is 3.22. The van der Waals surface area contributed by atoms with Crippen LogP contribution >= 0.6 is 11.8 Å². The summed E-state index contributed by atoms with van der Waals surface area (Å²) in [6, 6.07) is 3.15. The number of nitrogens with one attached hydrogen (secondary N) is 1. The molecule has 2 rings (SSSR count). The molecule has 1 aliphatic rings. The minimum absolute atomic E-state index is 0.0302. The summed E-state index contributed by atoms with van der Waals surface area (Å²) in [5.41, 5.74) is 6.23. The summed E-state index contributed by atoms with van der Waals surface area (Å²) < 4.78 is 0. The third kappa shape index (κ3) is 4.61. The fourth-order valence-electron chi connectivity index (χ4n) is 1.98. The summed E-state index contributed by atoms with van der Waals surface area (Å²) in [5.74, 6) is 2.07. The van der Waals surface area contributed by atoms with Crippen molar-refractivity contribution in [3.63, 3.8) is 0 Å². The van der Waals surface area contributed by atoms with Crippen molar-refractivity contribution in [2.24, 2.45) is 10.9 Å². The Balaban J connectivity index is 1.80. The van der Waals surface area contributed by atoms with Crippen molar-refractivity contribution in [2.45, 2.75) is 0 Å². The number of carbonyl (C=O) groups is 1. The lowest BCUT2D eigenvalue weighted by Crippen LogP contribution is -2.39. The maximum Gasteiger partial charge on any atom is 0.269 e. The average Bonchev–Trinajstić information content (AvgIpc) is 2.55. The molecule has 114 valence electrons. The lowest BCUT2D eigenvalue weighted by Gasteiger charge is -2.25. The third-order valence-corrected chi connectivity index (χ3v) is 4.16. The molecule has 0 spiro atoms. The molecule has 2 heterocycles. The fraction of sp³-hybridized carbons (Fsp3) is 0.462. The van der Waals surface area contributed by atoms with Crippen molar-refractivity contribution in [3.8, 4) is 0 Å². The molecule has 8 heteroatoms. The van der Waals surface area contributed by atoms with Gasteiger partial charge in [0.15, 0.2) is 5.84 Å². The first kappa shape index (κ1) is 15.6. The number of nitrogens with two attached hydrogens (primary N) is 1. The van der Waals surface area contributed by atoms with Crippen LogP contribution in [0.1, 0.15) is 16.1 Å². The second-order valence-corrected chi connectivity index (χ2v) is 5.85. The highest BCUT2D eigenvalue weighted by atomic mass is 32.2. The van der Waals surface area contributed by atoms with Crippen molar-refractivity contribution >= 4 is 23.5 Å². The van der Waals surface area contributed by atoms with Crippen LogP contribution in [0.2, 0.25) is 0 Å². The van der Waals surface area contributed by atoms with Crippen LogP contribution in [0.5, 0.6) is 0 Å². The quantitative estimate of drug-likeness (QED) is 0.305. The Hall–Kier alpha value is -1.80. The molecular formula is C13H19N5O2S. The minimum atomic E-state index is -0.215. The van der Waals surface area contributed by atoms with Gasteiger partial charge in [0.2, 0.25) is 0 Å². The van der Waals surface area contributed by atoms with Gasteiger partial charge in [-0.15, -0.1) is 0 Å². The minimum Gasteiger partial charge on any atom is -0.409 e. The smallest absolute Gasteiger partial charge is 0.269 e. The monoisotopic (exact) mass is 309 g/mol. The van der Waals surface area contributed by atoms with Crippen LogP contribution in [0.3, 0.4) is 0 Å². The van der Waals surface area contributed by atoms with E-state index in [1.807, 2.05) is 11.8 Å². The molecule has 0 atom stereocenters. The summed E-state index contributed by atoms with van der Waals surface area (Å²) in [4.78, 5) is 18.3. The molecular weight excluding hydrogens is 290 g/mol. The van der Waals surface area contributed by atoms with Gasteiger partial charge in [0.05, 0.1) is 0 Å². The molecule has 0 unspecified atom stereocenters. The number of thioether (sulfide) groups is 1. The summed E-state index contributed by atoms with van der Waals surface area (Å²) >= 11 is 1.96. The van der Waals surface area contributed by atoms with E-state index in [2.05, 4.69) is 20.4 Å². The predicted octanol–water partition coefficient (Wildman–Crippen LogP) is -0.0453. The van der Waals surface area contributed by atoms with Gasteiger partial charge in [-0.1, -0.05) is 5.16 Å². The van der Waals surface area contributed by atoms with Crippen LogP contribution in [0.4, 0.5) is 0 Å². The molecule has 0 bridgehead atoms. The molecule has 0 aromatic carbocycles. The van der Waals surface area contributed by atoms with E-state index in [4.69, 9.17) is 10.9 Å². The maximum absolute atomic E-state index is 11.9. The number of pyridine rings is 1. The molecule has 1 aliphatic heterocycles. The molecule has 1 aromatic rings. The van der Waals surface area contributed by atoms with Crippen LogP contribution in [-0.2, 0) is 0 Å². The van der Waals surface area contributed by atoms with Gasteiger partial charge in [-0.25, -0.2) is 0 Å². The Morgan fingerprint density at radius 1 is 1.48 bits per heavy atom. The number of nitrogens with zero attached hydrogens (tertiary/aromatic N) is 3. The fourth-order valence-corrected chi connectivity index (χ4v) is 2.96. The maximum atomic E-state index is 11.9. The number of hydrogen-bond donors (Lipinski definition) is 3. The number of aromatic nitrogens is 1. The molecule has 21 heavy (non-hydrogen) atoms. The summed E-state index contributed by atoms with van der Waals surface area (Å²) in [7, 11) is 0. The molecule has 0 saturated carbocycles. The lowest BCUT2D eigenvalue weighted by molar-refractivity contribution is 0.0944. The Morgan fingerprint density at radius 3 is 2.86 bits per heavy atom. The Morgan fingerprint density at radius 2 is 2.24 bits per heavy atom. The van der Waals surface area contributed by atoms with E-state index in [0.29, 0.717) is 17.8 Å². The van der Waals surface area contributed by atoms with Crippen LogP contribution in [-0.4, -0.2) is 64.5 Å². The number of oxime groups is 1. The molecule has 1 fully saturated rings. The number of carbonyl (C=O) groups excluding carboxylic acids is 1. The molecule has 0 aliphatic carbocycles. The molecule has 1 aromatic heterocycles. The number of amides is 1. The zero-order valence-corrected chi connectivity index (χ0v) is 12.5. The average molecular weight is 309 g/mol. The van der Waals surface area contributed by atoms with Gasteiger partial charge in [-0.05, 0) is 12.1 Å². The van der Waals surface area contributed by atoms with Crippen molar-refractivity contribution < 1.29 is 10.0 Å². The second kappa shape index (κ2) is 7.84. The summed E-state index contributed by atoms with van der Waals surface area (Å²) in [6.07, 6.45) is 1.41. The van der Waals surface area contributed by atoms with Gasteiger partial charge < -0.3 is 16.3 Å². The van der Waals surface area contributed by atoms with E-state index in [1.54, 1.807) is 12.1 Å². The van der Waals surface area contributed by atoms with Crippen molar-refractivity contribution in [3.05, 3.63) is 29.6 Å². The van der Waals surface area contributed by atoms with Crippen LogP contribution in [0, 0.1) is 0 Å². The lowest BCUT2D eigenvalue weighted by atomic mass is 10.2. The Bertz CT molecular complexity index is 500. The SMILES string of the molecule is N/C(=N/O)c1ccc(C(=O)NCCN2CCSCC2)nc1. The van der Waals surface area contributed by atoms with E-state index in [9.17, 15) is 4.79 Å². The second-order valence-electron chi connectivity index (χ2n) is 4.63. The predicted molar refractivity (Wildman–Crippen MR) is 82.8 cm³/mol. The van der Waals surface area contributed by atoms with Gasteiger partial charge in [0, 0.05) is 49.4 Å². The highest BCUT2D eigenvalue weighted by molar-refractivity contribution is 7.99. The molecule has 0 radical (unpaired) electrons. The zero-order chi connectivity index (χ0) is 15.1. The number of amidine groups is 1. The van der Waals surface area contributed by atoms with Gasteiger partial charge in [0.25, 0.3) is 5.91 Å². The molecule has 1 amide bonds. The van der Waals surface area contributed by atoms with Gasteiger partial charge in [-0.2, -0.15) is 11.8 Å². The van der Waals surface area contributed by atoms with Crippen molar-refractivity contribution in [2.75, 3.05) is 37.7 Å². The normalized spacial score (nSPS) is 16.7. The van der Waals surface area contributed by atoms with Crippen molar-refractivity contribution in [1.82, 2.24) is 15.2 Å². The highest BCUT2D eigenvalue weighted by Crippen LogP contribution is 2.08. The van der Waals surface area contributed by atoms with Crippen molar-refractivity contribution in [1.29, 1.82) is 0 Å². The number of hydrogen-bond acceptors (Lipinski definition) is 6. The van der Waals surface area contributed by atoms with E-state index in [1.165, 1.54) is 6.20 Å². The van der Waals surface area contributed by atoms with Crippen LogP contribution in [0.25, 0.3) is 0 Å². The van der Waals surface area contributed by atoms with Gasteiger partial charge in [0.1, 0.15) is 5.69 Å². The van der Waals surface area contributed by atoms with E-state index in [0.717, 1.165) is 31.1 Å². The first-order valence-corrected chi connectivity index (χ1v) is 7.88. The van der Waals surface area contributed by atoms with E-state index in [-0.39, 0.29) is 11.7 Å². The highest BCUT2D eigenvalue weighted by Gasteiger charge is 2.11. The Labute approximate surface area is 127 Å². The summed E-state index contributed by atoms with van der Waals surface area (Å²) in [5, 5.41) is 14.3. The topological polar surface area (TPSA) is 104 Å². The number of rotatable bonds is 5. The van der Waals surface area contributed by atoms with E-state index >= 15 is 0 Å². The standard InChI is InChI=1S/C13H19N5O2S/c14-12(17-20)10-1-2-11(16-9-10)13(19)15-3-4-18-5-7-21-8-6-18/h1-2,9,20H,3-8H2,(H2,14,17)(H,15,19). The Kier molecular flexibility index (Phi) is 5.82. The first-order valence-electron chi connectivity index (χ1n) is 6.73.